The first-order chi connectivity index (χ1) is 9.20. The number of ether oxygens (including phenoxy) is 1. The third-order valence-electron chi connectivity index (χ3n) is 2.51. The fraction of sp³-hybridized carbons (Fsp3) is 0.333. The molecule has 0 fully saturated rings. The fourth-order valence-electron chi connectivity index (χ4n) is 1.59. The number of rotatable bonds is 5. The van der Waals surface area contributed by atoms with E-state index in [-0.39, 0.29) is 0 Å². The lowest BCUT2D eigenvalue weighted by Gasteiger charge is -2.10. The van der Waals surface area contributed by atoms with Crippen molar-refractivity contribution in [2.75, 3.05) is 19.0 Å². The van der Waals surface area contributed by atoms with Crippen LogP contribution in [0.15, 0.2) is 24.7 Å². The van der Waals surface area contributed by atoms with Crippen molar-refractivity contribution in [3.63, 3.8) is 0 Å². The molecule has 2 rings (SSSR count). The van der Waals surface area contributed by atoms with E-state index in [9.17, 15) is 4.79 Å². The van der Waals surface area contributed by atoms with Crippen molar-refractivity contribution in [2.24, 2.45) is 0 Å². The summed E-state index contributed by atoms with van der Waals surface area (Å²) in [5.74, 6) is 0.613. The zero-order valence-electron chi connectivity index (χ0n) is 10.8. The smallest absolute Gasteiger partial charge is 0.343 e. The molecule has 1 N–H and O–H groups in total. The van der Waals surface area contributed by atoms with E-state index in [4.69, 9.17) is 4.74 Å². The number of hydrogen-bond acceptors (Lipinski definition) is 6. The Morgan fingerprint density at radius 1 is 1.53 bits per heavy atom. The van der Waals surface area contributed by atoms with Crippen LogP contribution < -0.4 is 5.32 Å². The van der Waals surface area contributed by atoms with Gasteiger partial charge in [0.25, 0.3) is 0 Å². The van der Waals surface area contributed by atoms with E-state index < -0.39 is 5.97 Å². The van der Waals surface area contributed by atoms with Crippen molar-refractivity contribution in [3.8, 4) is 0 Å². The fourth-order valence-corrected chi connectivity index (χ4v) is 1.59. The van der Waals surface area contributed by atoms with Gasteiger partial charge in [-0.15, -0.1) is 0 Å². The standard InChI is InChI=1S/C12H15N5O2/c1-9-14-8-10(12(18)19-2)11(16-9)13-5-7-17-6-3-4-15-17/h3-4,6,8H,5,7H2,1-2H3,(H,13,14,16). The van der Waals surface area contributed by atoms with Crippen LogP contribution >= 0.6 is 0 Å². The molecule has 0 radical (unpaired) electrons. The first-order valence-corrected chi connectivity index (χ1v) is 5.84. The average Bonchev–Trinajstić information content (AvgIpc) is 2.91. The van der Waals surface area contributed by atoms with Crippen LogP contribution in [0.4, 0.5) is 5.82 Å². The molecule has 0 atom stereocenters. The number of aromatic nitrogens is 4. The number of anilines is 1. The highest BCUT2D eigenvalue weighted by Gasteiger charge is 2.13. The minimum absolute atomic E-state index is 0.327. The van der Waals surface area contributed by atoms with Gasteiger partial charge in [0.15, 0.2) is 0 Å². The summed E-state index contributed by atoms with van der Waals surface area (Å²) in [5.41, 5.74) is 0.327. The van der Waals surface area contributed by atoms with Gasteiger partial charge in [-0.3, -0.25) is 4.68 Å². The predicted molar refractivity (Wildman–Crippen MR) is 68.8 cm³/mol. The second-order valence-corrected chi connectivity index (χ2v) is 3.87. The second kappa shape index (κ2) is 5.94. The second-order valence-electron chi connectivity index (χ2n) is 3.87. The maximum absolute atomic E-state index is 11.6. The number of nitrogens with one attached hydrogen (secondary N) is 1. The Bertz CT molecular complexity index is 553. The van der Waals surface area contributed by atoms with Crippen molar-refractivity contribution in [3.05, 3.63) is 36.0 Å². The molecule has 0 aliphatic rings. The van der Waals surface area contributed by atoms with Gasteiger partial charge >= 0.3 is 5.97 Å². The monoisotopic (exact) mass is 261 g/mol. The largest absolute Gasteiger partial charge is 0.465 e. The van der Waals surface area contributed by atoms with Gasteiger partial charge in [0.2, 0.25) is 0 Å². The molecular weight excluding hydrogens is 246 g/mol. The number of hydrogen-bond donors (Lipinski definition) is 1. The Hall–Kier alpha value is -2.44. The highest BCUT2D eigenvalue weighted by Crippen LogP contribution is 2.12. The first kappa shape index (κ1) is 13.0. The van der Waals surface area contributed by atoms with E-state index >= 15 is 0 Å². The van der Waals surface area contributed by atoms with Crippen LogP contribution in [-0.4, -0.2) is 39.4 Å². The van der Waals surface area contributed by atoms with E-state index in [0.29, 0.717) is 30.3 Å². The van der Waals surface area contributed by atoms with Crippen molar-refractivity contribution in [2.45, 2.75) is 13.5 Å². The molecule has 0 aromatic carbocycles. The molecule has 0 aliphatic heterocycles. The van der Waals surface area contributed by atoms with Crippen LogP contribution in [0.3, 0.4) is 0 Å². The molecule has 100 valence electrons. The summed E-state index contributed by atoms with van der Waals surface area (Å²) in [6.45, 7) is 3.04. The van der Waals surface area contributed by atoms with E-state index in [2.05, 4.69) is 20.4 Å². The van der Waals surface area contributed by atoms with Gasteiger partial charge in [-0.05, 0) is 13.0 Å². The molecule has 0 amide bonds. The first-order valence-electron chi connectivity index (χ1n) is 5.84. The molecular formula is C12H15N5O2. The maximum Gasteiger partial charge on any atom is 0.343 e. The SMILES string of the molecule is COC(=O)c1cnc(C)nc1NCCn1cccn1. The zero-order valence-corrected chi connectivity index (χ0v) is 10.8. The Labute approximate surface area is 110 Å². The number of esters is 1. The summed E-state index contributed by atoms with van der Waals surface area (Å²) < 4.78 is 6.48. The molecule has 0 spiro atoms. The highest BCUT2D eigenvalue weighted by atomic mass is 16.5. The average molecular weight is 261 g/mol. The Morgan fingerprint density at radius 3 is 3.05 bits per heavy atom. The molecule has 0 unspecified atom stereocenters. The van der Waals surface area contributed by atoms with E-state index in [1.165, 1.54) is 13.3 Å². The number of methoxy groups -OCH3 is 1. The summed E-state index contributed by atoms with van der Waals surface area (Å²) in [7, 11) is 1.33. The van der Waals surface area contributed by atoms with Gasteiger partial charge in [-0.2, -0.15) is 5.10 Å². The van der Waals surface area contributed by atoms with Crippen LogP contribution in [0.25, 0.3) is 0 Å². The van der Waals surface area contributed by atoms with Crippen LogP contribution in [0.5, 0.6) is 0 Å². The number of carbonyl (C=O) groups excluding carboxylic acids is 1. The molecule has 2 heterocycles. The topological polar surface area (TPSA) is 81.9 Å². The highest BCUT2D eigenvalue weighted by molar-refractivity contribution is 5.94. The number of nitrogens with zero attached hydrogens (tertiary/aromatic N) is 4. The molecule has 7 heteroatoms. The molecule has 2 aromatic rings. The lowest BCUT2D eigenvalue weighted by Crippen LogP contribution is -2.16. The number of carbonyl (C=O) groups is 1. The zero-order chi connectivity index (χ0) is 13.7. The van der Waals surface area contributed by atoms with Gasteiger partial charge in [0, 0.05) is 25.1 Å². The lowest BCUT2D eigenvalue weighted by molar-refractivity contribution is 0.0601. The van der Waals surface area contributed by atoms with E-state index in [0.717, 1.165) is 0 Å². The third-order valence-corrected chi connectivity index (χ3v) is 2.51. The predicted octanol–water partition coefficient (Wildman–Crippen LogP) is 0.880. The molecule has 0 bridgehead atoms. The van der Waals surface area contributed by atoms with Crippen molar-refractivity contribution < 1.29 is 9.53 Å². The summed E-state index contributed by atoms with van der Waals surface area (Å²) in [6.07, 6.45) is 5.05. The molecule has 0 saturated carbocycles. The van der Waals surface area contributed by atoms with E-state index in [1.54, 1.807) is 17.8 Å². The van der Waals surface area contributed by atoms with Crippen molar-refractivity contribution >= 4 is 11.8 Å². The van der Waals surface area contributed by atoms with Crippen molar-refractivity contribution in [1.29, 1.82) is 0 Å². The maximum atomic E-state index is 11.6. The summed E-state index contributed by atoms with van der Waals surface area (Å²) in [5, 5.41) is 7.19. The van der Waals surface area contributed by atoms with E-state index in [1.807, 2.05) is 12.3 Å². The lowest BCUT2D eigenvalue weighted by atomic mass is 10.3. The van der Waals surface area contributed by atoms with Gasteiger partial charge in [0.1, 0.15) is 17.2 Å². The minimum atomic E-state index is -0.457. The summed E-state index contributed by atoms with van der Waals surface area (Å²) in [6, 6.07) is 1.86. The van der Waals surface area contributed by atoms with Crippen LogP contribution in [0.2, 0.25) is 0 Å². The van der Waals surface area contributed by atoms with Crippen LogP contribution in [0, 0.1) is 6.92 Å². The van der Waals surface area contributed by atoms with Crippen LogP contribution in [0.1, 0.15) is 16.2 Å². The number of aryl methyl sites for hydroxylation is 1. The molecule has 0 saturated heterocycles. The molecule has 0 aliphatic carbocycles. The molecule has 19 heavy (non-hydrogen) atoms. The Balaban J connectivity index is 2.05. The van der Waals surface area contributed by atoms with Crippen LogP contribution in [-0.2, 0) is 11.3 Å². The third kappa shape index (κ3) is 3.27. The summed E-state index contributed by atoms with van der Waals surface area (Å²) in [4.78, 5) is 19.8. The quantitative estimate of drug-likeness (QED) is 0.805. The summed E-state index contributed by atoms with van der Waals surface area (Å²) >= 11 is 0. The Morgan fingerprint density at radius 2 is 2.37 bits per heavy atom. The van der Waals surface area contributed by atoms with Crippen molar-refractivity contribution in [1.82, 2.24) is 19.7 Å². The van der Waals surface area contributed by atoms with Gasteiger partial charge in [-0.1, -0.05) is 0 Å². The molecule has 2 aromatic heterocycles. The minimum Gasteiger partial charge on any atom is -0.465 e. The molecule has 7 nitrogen and oxygen atoms in total. The Kier molecular flexibility index (Phi) is 4.07. The van der Waals surface area contributed by atoms with Gasteiger partial charge in [0.05, 0.1) is 13.7 Å². The normalized spacial score (nSPS) is 10.2. The van der Waals surface area contributed by atoms with Gasteiger partial charge < -0.3 is 10.1 Å². The van der Waals surface area contributed by atoms with Gasteiger partial charge in [-0.25, -0.2) is 14.8 Å².